The van der Waals surface area contributed by atoms with E-state index in [0.717, 1.165) is 46.0 Å². The van der Waals surface area contributed by atoms with E-state index in [4.69, 9.17) is 21.4 Å². The molecule has 1 saturated heterocycles. The summed E-state index contributed by atoms with van der Waals surface area (Å²) < 4.78 is 6.64. The number of fused-ring (bicyclic) bond motifs is 1. The van der Waals surface area contributed by atoms with Crippen molar-refractivity contribution in [1.29, 1.82) is 5.41 Å². The number of amides is 1. The molecule has 0 aliphatic carbocycles. The Bertz CT molecular complexity index is 1160. The van der Waals surface area contributed by atoms with Gasteiger partial charge in [0.15, 0.2) is 5.96 Å². The molecule has 3 N–H and O–H groups in total. The quantitative estimate of drug-likeness (QED) is 0.181. The van der Waals surface area contributed by atoms with Gasteiger partial charge < -0.3 is 14.6 Å². The maximum absolute atomic E-state index is 12.9. The van der Waals surface area contributed by atoms with Gasteiger partial charge in [-0.2, -0.15) is 0 Å². The van der Waals surface area contributed by atoms with Gasteiger partial charge >= 0.3 is 0 Å². The molecule has 8 heteroatoms. The van der Waals surface area contributed by atoms with Crippen LogP contribution in [0.2, 0.25) is 5.02 Å². The van der Waals surface area contributed by atoms with Crippen molar-refractivity contribution in [3.05, 3.63) is 68.8 Å². The fourth-order valence-electron chi connectivity index (χ4n) is 4.49. The summed E-state index contributed by atoms with van der Waals surface area (Å²) >= 11 is 10.0. The molecule has 0 radical (unpaired) electrons. The molecule has 0 bridgehead atoms. The van der Waals surface area contributed by atoms with Crippen molar-refractivity contribution in [2.45, 2.75) is 38.5 Å². The summed E-state index contributed by atoms with van der Waals surface area (Å²) in [6.07, 6.45) is 7.58. The number of likely N-dealkylation sites (tertiary alicyclic amines) is 1. The summed E-state index contributed by atoms with van der Waals surface area (Å²) in [5.41, 5.74) is 3.14. The van der Waals surface area contributed by atoms with Gasteiger partial charge in [0, 0.05) is 27.0 Å². The van der Waals surface area contributed by atoms with Crippen LogP contribution in [0.5, 0.6) is 0 Å². The van der Waals surface area contributed by atoms with Crippen LogP contribution < -0.4 is 10.6 Å². The normalized spacial score (nSPS) is 13.9. The lowest BCUT2D eigenvalue weighted by molar-refractivity contribution is 0.0974. The molecule has 1 fully saturated rings. The predicted molar refractivity (Wildman–Crippen MR) is 141 cm³/mol. The molecule has 34 heavy (non-hydrogen) atoms. The summed E-state index contributed by atoms with van der Waals surface area (Å²) in [4.78, 5) is 15.4. The van der Waals surface area contributed by atoms with Crippen molar-refractivity contribution >= 4 is 50.4 Å². The lowest BCUT2D eigenvalue weighted by Gasteiger charge is -2.15. The first-order chi connectivity index (χ1) is 16.5. The van der Waals surface area contributed by atoms with Crippen LogP contribution in [-0.4, -0.2) is 42.9 Å². The Labute approximate surface area is 213 Å². The monoisotopic (exact) mass is 544 g/mol. The Kier molecular flexibility index (Phi) is 8.64. The van der Waals surface area contributed by atoms with Crippen LogP contribution in [0.1, 0.15) is 47.2 Å². The molecule has 1 aliphatic rings. The number of carbonyl (C=O) groups excluding carboxylic acids is 1. The highest BCUT2D eigenvalue weighted by molar-refractivity contribution is 9.10. The van der Waals surface area contributed by atoms with Crippen LogP contribution in [0.25, 0.3) is 11.0 Å². The molecule has 1 amide bonds. The van der Waals surface area contributed by atoms with Crippen molar-refractivity contribution in [1.82, 2.24) is 15.5 Å². The number of hydrogen-bond acceptors (Lipinski definition) is 4. The SMILES string of the molecule is N=C(NCCCCN1CCCC1)NC(=O)c1cccc(Cl)c1CCc1cc(Br)cc2ccoc12. The highest BCUT2D eigenvalue weighted by Gasteiger charge is 2.17. The Morgan fingerprint density at radius 2 is 1.97 bits per heavy atom. The van der Waals surface area contributed by atoms with Gasteiger partial charge in [-0.05, 0) is 99.6 Å². The van der Waals surface area contributed by atoms with E-state index in [1.165, 1.54) is 25.9 Å². The average molecular weight is 546 g/mol. The van der Waals surface area contributed by atoms with E-state index in [-0.39, 0.29) is 11.9 Å². The summed E-state index contributed by atoms with van der Waals surface area (Å²) in [6.45, 7) is 4.18. The first-order valence-electron chi connectivity index (χ1n) is 11.8. The molecule has 6 nitrogen and oxygen atoms in total. The van der Waals surface area contributed by atoms with Crippen molar-refractivity contribution in [3.8, 4) is 0 Å². The number of halogens is 2. The van der Waals surface area contributed by atoms with Gasteiger partial charge in [-0.15, -0.1) is 0 Å². The largest absolute Gasteiger partial charge is 0.464 e. The third kappa shape index (κ3) is 6.40. The third-order valence-corrected chi connectivity index (χ3v) is 7.05. The number of carbonyl (C=O) groups is 1. The Hall–Kier alpha value is -2.35. The summed E-state index contributed by atoms with van der Waals surface area (Å²) in [5.74, 6) is -0.314. The maximum Gasteiger partial charge on any atom is 0.258 e. The van der Waals surface area contributed by atoms with E-state index < -0.39 is 0 Å². The second-order valence-corrected chi connectivity index (χ2v) is 10.0. The van der Waals surface area contributed by atoms with E-state index in [2.05, 4.69) is 31.5 Å². The predicted octanol–water partition coefficient (Wildman–Crippen LogP) is 5.76. The molecule has 4 rings (SSSR count). The molecular weight excluding hydrogens is 516 g/mol. The van der Waals surface area contributed by atoms with Crippen LogP contribution in [0, 0.1) is 5.41 Å². The molecule has 0 unspecified atom stereocenters. The zero-order valence-electron chi connectivity index (χ0n) is 19.1. The number of furan rings is 1. The zero-order chi connectivity index (χ0) is 23.9. The van der Waals surface area contributed by atoms with Gasteiger partial charge in [-0.1, -0.05) is 33.6 Å². The van der Waals surface area contributed by atoms with Gasteiger partial charge in [0.1, 0.15) is 5.58 Å². The number of guanidine groups is 1. The number of benzene rings is 2. The Balaban J connectivity index is 1.32. The van der Waals surface area contributed by atoms with E-state index in [1.807, 2.05) is 18.2 Å². The van der Waals surface area contributed by atoms with Gasteiger partial charge in [-0.25, -0.2) is 0 Å². The highest BCUT2D eigenvalue weighted by atomic mass is 79.9. The van der Waals surface area contributed by atoms with Crippen molar-refractivity contribution < 1.29 is 9.21 Å². The molecule has 1 aromatic heterocycles. The summed E-state index contributed by atoms with van der Waals surface area (Å²) in [5, 5.41) is 15.4. The first kappa shape index (κ1) is 24.8. The lowest BCUT2D eigenvalue weighted by Crippen LogP contribution is -2.41. The molecule has 3 aromatic rings. The van der Waals surface area contributed by atoms with Crippen LogP contribution in [-0.2, 0) is 12.8 Å². The van der Waals surface area contributed by atoms with Gasteiger partial charge in [0.25, 0.3) is 5.91 Å². The standard InChI is InChI=1S/C26H30BrClN4O2/c27-20-16-18(24-19(17-20)10-15-34-24)8-9-21-22(6-5-7-23(21)28)25(33)31-26(29)30-11-1-2-12-32-13-3-4-14-32/h5-7,10,15-17H,1-4,8-9,11-14H2,(H3,29,30,31,33). The molecule has 180 valence electrons. The average Bonchev–Trinajstić information content (AvgIpc) is 3.49. The number of aryl methyl sites for hydroxylation is 1. The lowest BCUT2D eigenvalue weighted by atomic mass is 9.98. The molecule has 2 aromatic carbocycles. The number of nitrogens with one attached hydrogen (secondary N) is 3. The molecule has 0 spiro atoms. The molecular formula is C26H30BrClN4O2. The maximum atomic E-state index is 12.9. The minimum Gasteiger partial charge on any atom is -0.464 e. The minimum absolute atomic E-state index is 0.0152. The summed E-state index contributed by atoms with van der Waals surface area (Å²) in [6, 6.07) is 11.3. The first-order valence-corrected chi connectivity index (χ1v) is 13.0. The van der Waals surface area contributed by atoms with Gasteiger partial charge in [-0.3, -0.25) is 15.5 Å². The molecule has 0 atom stereocenters. The smallest absolute Gasteiger partial charge is 0.258 e. The fourth-order valence-corrected chi connectivity index (χ4v) is 5.28. The van der Waals surface area contributed by atoms with E-state index in [1.54, 1.807) is 24.5 Å². The van der Waals surface area contributed by atoms with Crippen molar-refractivity contribution in [2.75, 3.05) is 26.2 Å². The number of nitrogens with zero attached hydrogens (tertiary/aromatic N) is 1. The number of rotatable bonds is 9. The van der Waals surface area contributed by atoms with Crippen LogP contribution in [0.3, 0.4) is 0 Å². The summed E-state index contributed by atoms with van der Waals surface area (Å²) in [7, 11) is 0. The molecule has 1 aliphatic heterocycles. The second kappa shape index (κ2) is 11.9. The number of hydrogen-bond donors (Lipinski definition) is 3. The number of unbranched alkanes of at least 4 members (excludes halogenated alkanes) is 1. The van der Waals surface area contributed by atoms with Gasteiger partial charge in [0.05, 0.1) is 6.26 Å². The van der Waals surface area contributed by atoms with Crippen molar-refractivity contribution in [3.63, 3.8) is 0 Å². The van der Waals surface area contributed by atoms with Crippen molar-refractivity contribution in [2.24, 2.45) is 0 Å². The third-order valence-electron chi connectivity index (χ3n) is 6.24. The van der Waals surface area contributed by atoms with E-state index in [0.29, 0.717) is 30.0 Å². The Morgan fingerprint density at radius 3 is 2.79 bits per heavy atom. The minimum atomic E-state index is -0.329. The van der Waals surface area contributed by atoms with Gasteiger partial charge in [0.2, 0.25) is 0 Å². The molecule has 2 heterocycles. The topological polar surface area (TPSA) is 81.4 Å². The highest BCUT2D eigenvalue weighted by Crippen LogP contribution is 2.28. The molecule has 0 saturated carbocycles. The van der Waals surface area contributed by atoms with Crippen LogP contribution in [0.4, 0.5) is 0 Å². The van der Waals surface area contributed by atoms with E-state index >= 15 is 0 Å². The fraction of sp³-hybridized carbons (Fsp3) is 0.385. The van der Waals surface area contributed by atoms with Crippen LogP contribution >= 0.6 is 27.5 Å². The zero-order valence-corrected chi connectivity index (χ0v) is 21.5. The second-order valence-electron chi connectivity index (χ2n) is 8.68. The van der Waals surface area contributed by atoms with E-state index in [9.17, 15) is 4.79 Å². The van der Waals surface area contributed by atoms with Crippen LogP contribution in [0.15, 0.2) is 51.6 Å². The Morgan fingerprint density at radius 1 is 1.15 bits per heavy atom.